The molecule has 144 valence electrons. The minimum absolute atomic E-state index is 0.0355. The molecule has 0 radical (unpaired) electrons. The molecule has 1 aromatic rings. The summed E-state index contributed by atoms with van der Waals surface area (Å²) in [6.07, 6.45) is 5.16. The van der Waals surface area contributed by atoms with Gasteiger partial charge in [-0.25, -0.2) is 0 Å². The number of nitrogens with zero attached hydrogens (tertiary/aromatic N) is 2. The van der Waals surface area contributed by atoms with Crippen molar-refractivity contribution in [3.63, 3.8) is 0 Å². The number of rotatable bonds is 5. The number of thiocarbonyl (C=S) groups is 1. The Morgan fingerprint density at radius 3 is 2.89 bits per heavy atom. The van der Waals surface area contributed by atoms with E-state index in [-0.39, 0.29) is 31.0 Å². The number of aliphatic hydroxyl groups excluding tert-OH is 1. The van der Waals surface area contributed by atoms with Crippen molar-refractivity contribution in [3.05, 3.63) is 39.8 Å². The minimum Gasteiger partial charge on any atom is -0.396 e. The van der Waals surface area contributed by atoms with E-state index in [4.69, 9.17) is 23.8 Å². The molecule has 2 saturated heterocycles. The van der Waals surface area contributed by atoms with Gasteiger partial charge < -0.3 is 10.0 Å². The minimum atomic E-state index is -0.269. The predicted octanol–water partition coefficient (Wildman–Crippen LogP) is 3.30. The Kier molecular flexibility index (Phi) is 6.92. The summed E-state index contributed by atoms with van der Waals surface area (Å²) in [7, 11) is 0. The third-order valence-corrected chi connectivity index (χ3v) is 6.49. The van der Waals surface area contributed by atoms with Crippen molar-refractivity contribution in [2.24, 2.45) is 0 Å². The summed E-state index contributed by atoms with van der Waals surface area (Å²) in [4.78, 5) is 29.2. The standard InChI is InChI=1S/C19H21ClN2O3S2/c20-15-7-2-1-5-13(15)11-16-18(25)22(19(26)27-16)12-17(24)21-9-4-3-6-14(21)8-10-23/h1-2,5,7,11,14,23H,3-4,6,8-10,12H2/b16-11-/t14-/m1/s1. The van der Waals surface area contributed by atoms with Crippen molar-refractivity contribution >= 4 is 57.8 Å². The topological polar surface area (TPSA) is 60.9 Å². The van der Waals surface area contributed by atoms with Gasteiger partial charge in [0.15, 0.2) is 0 Å². The predicted molar refractivity (Wildman–Crippen MR) is 112 cm³/mol. The number of amides is 2. The highest BCUT2D eigenvalue weighted by Crippen LogP contribution is 2.34. The molecule has 5 nitrogen and oxygen atoms in total. The van der Waals surface area contributed by atoms with Crippen molar-refractivity contribution in [3.8, 4) is 0 Å². The van der Waals surface area contributed by atoms with Gasteiger partial charge >= 0.3 is 0 Å². The summed E-state index contributed by atoms with van der Waals surface area (Å²) < 4.78 is 0.377. The van der Waals surface area contributed by atoms with Crippen LogP contribution in [0.5, 0.6) is 0 Å². The summed E-state index contributed by atoms with van der Waals surface area (Å²) in [5, 5.41) is 9.79. The van der Waals surface area contributed by atoms with Crippen LogP contribution in [-0.2, 0) is 9.59 Å². The van der Waals surface area contributed by atoms with Gasteiger partial charge in [-0.2, -0.15) is 0 Å². The third kappa shape index (κ3) is 4.71. The maximum Gasteiger partial charge on any atom is 0.266 e. The van der Waals surface area contributed by atoms with E-state index in [1.54, 1.807) is 17.0 Å². The summed E-state index contributed by atoms with van der Waals surface area (Å²) in [6.45, 7) is 0.649. The monoisotopic (exact) mass is 424 g/mol. The van der Waals surface area contributed by atoms with Crippen LogP contribution in [0.25, 0.3) is 6.08 Å². The molecule has 0 saturated carbocycles. The Hall–Kier alpha value is -1.41. The van der Waals surface area contributed by atoms with Crippen LogP contribution in [0, 0.1) is 0 Å². The van der Waals surface area contributed by atoms with Crippen LogP contribution in [-0.4, -0.2) is 56.8 Å². The number of halogens is 1. The lowest BCUT2D eigenvalue weighted by molar-refractivity contribution is -0.138. The maximum absolute atomic E-state index is 12.8. The molecule has 2 aliphatic heterocycles. The second-order valence-electron chi connectivity index (χ2n) is 6.54. The molecule has 2 fully saturated rings. The van der Waals surface area contributed by atoms with Gasteiger partial charge in [0.05, 0.1) is 4.91 Å². The molecule has 0 aliphatic carbocycles. The highest BCUT2D eigenvalue weighted by atomic mass is 35.5. The lowest BCUT2D eigenvalue weighted by Gasteiger charge is -2.36. The Balaban J connectivity index is 1.72. The third-order valence-electron chi connectivity index (χ3n) is 4.77. The summed E-state index contributed by atoms with van der Waals surface area (Å²) in [5.41, 5.74) is 0.741. The number of hydrogen-bond acceptors (Lipinski definition) is 5. The molecule has 2 aliphatic rings. The summed E-state index contributed by atoms with van der Waals surface area (Å²) >= 11 is 12.7. The molecule has 2 heterocycles. The molecule has 0 aromatic heterocycles. The molecule has 0 unspecified atom stereocenters. The van der Waals surface area contributed by atoms with Gasteiger partial charge in [-0.1, -0.05) is 53.8 Å². The van der Waals surface area contributed by atoms with Crippen molar-refractivity contribution in [2.75, 3.05) is 19.7 Å². The lowest BCUT2D eigenvalue weighted by Crippen LogP contribution is -2.49. The number of benzene rings is 1. The number of likely N-dealkylation sites (tertiary alicyclic amines) is 1. The number of hydrogen-bond donors (Lipinski definition) is 1. The van der Waals surface area contributed by atoms with Gasteiger partial charge in [0.2, 0.25) is 5.91 Å². The van der Waals surface area contributed by atoms with Crippen molar-refractivity contribution in [1.82, 2.24) is 9.80 Å². The van der Waals surface area contributed by atoms with E-state index in [9.17, 15) is 14.7 Å². The zero-order chi connectivity index (χ0) is 19.4. The first kappa shape index (κ1) is 20.3. The van der Waals surface area contributed by atoms with Crippen molar-refractivity contribution in [2.45, 2.75) is 31.7 Å². The molecule has 2 amide bonds. The average molecular weight is 425 g/mol. The van der Waals surface area contributed by atoms with Gasteiger partial charge in [-0.05, 0) is 43.4 Å². The quantitative estimate of drug-likeness (QED) is 0.580. The maximum atomic E-state index is 12.8. The van der Waals surface area contributed by atoms with Gasteiger partial charge in [-0.3, -0.25) is 14.5 Å². The van der Waals surface area contributed by atoms with Crippen LogP contribution >= 0.6 is 35.6 Å². The van der Waals surface area contributed by atoms with Crippen LogP contribution in [0.1, 0.15) is 31.2 Å². The van der Waals surface area contributed by atoms with Gasteiger partial charge in [0, 0.05) is 24.2 Å². The zero-order valence-electron chi connectivity index (χ0n) is 14.8. The fourth-order valence-corrected chi connectivity index (χ4v) is 4.81. The Bertz CT molecular complexity index is 782. The van der Waals surface area contributed by atoms with E-state index in [0.29, 0.717) is 27.2 Å². The highest BCUT2D eigenvalue weighted by molar-refractivity contribution is 8.26. The first-order valence-electron chi connectivity index (χ1n) is 8.91. The molecular weight excluding hydrogens is 404 g/mol. The van der Waals surface area contributed by atoms with Crippen LogP contribution in [0.2, 0.25) is 5.02 Å². The van der Waals surface area contributed by atoms with Gasteiger partial charge in [-0.15, -0.1) is 0 Å². The molecular formula is C19H21ClN2O3S2. The summed E-state index contributed by atoms with van der Waals surface area (Å²) in [5.74, 6) is -0.391. The SMILES string of the molecule is O=C1/C(=C/c2ccccc2Cl)SC(=S)N1CC(=O)N1CCCC[C@@H]1CCO. The van der Waals surface area contributed by atoms with Gasteiger partial charge in [0.25, 0.3) is 5.91 Å². The van der Waals surface area contributed by atoms with E-state index in [2.05, 4.69) is 0 Å². The molecule has 1 aromatic carbocycles. The molecule has 1 atom stereocenters. The Morgan fingerprint density at radius 1 is 1.37 bits per heavy atom. The van der Waals surface area contributed by atoms with Crippen LogP contribution in [0.3, 0.4) is 0 Å². The fraction of sp³-hybridized carbons (Fsp3) is 0.421. The van der Waals surface area contributed by atoms with Crippen molar-refractivity contribution < 1.29 is 14.7 Å². The number of carbonyl (C=O) groups excluding carboxylic acids is 2. The molecule has 3 rings (SSSR count). The molecule has 27 heavy (non-hydrogen) atoms. The smallest absolute Gasteiger partial charge is 0.266 e. The van der Waals surface area contributed by atoms with E-state index in [1.165, 1.54) is 16.7 Å². The number of aliphatic hydroxyl groups is 1. The lowest BCUT2D eigenvalue weighted by atomic mass is 9.99. The Labute approximate surface area is 173 Å². The number of carbonyl (C=O) groups is 2. The molecule has 0 bridgehead atoms. The van der Waals surface area contributed by atoms with Gasteiger partial charge in [0.1, 0.15) is 10.9 Å². The fourth-order valence-electron chi connectivity index (χ4n) is 3.37. The highest BCUT2D eigenvalue weighted by Gasteiger charge is 2.36. The zero-order valence-corrected chi connectivity index (χ0v) is 17.2. The average Bonchev–Trinajstić information content (AvgIpc) is 2.92. The van der Waals surface area contributed by atoms with E-state index < -0.39 is 0 Å². The molecule has 0 spiro atoms. The molecule has 1 N–H and O–H groups in total. The molecule has 8 heteroatoms. The first-order chi connectivity index (χ1) is 13.0. The normalized spacial score (nSPS) is 22.0. The van der Waals surface area contributed by atoms with Crippen LogP contribution in [0.15, 0.2) is 29.2 Å². The van der Waals surface area contributed by atoms with E-state index in [0.717, 1.165) is 24.8 Å². The van der Waals surface area contributed by atoms with E-state index in [1.807, 2.05) is 18.2 Å². The number of thioether (sulfide) groups is 1. The largest absolute Gasteiger partial charge is 0.396 e. The summed E-state index contributed by atoms with van der Waals surface area (Å²) in [6, 6.07) is 7.29. The second-order valence-corrected chi connectivity index (χ2v) is 8.62. The second kappa shape index (κ2) is 9.19. The van der Waals surface area contributed by atoms with Crippen LogP contribution in [0.4, 0.5) is 0 Å². The van der Waals surface area contributed by atoms with Crippen molar-refractivity contribution in [1.29, 1.82) is 0 Å². The first-order valence-corrected chi connectivity index (χ1v) is 10.5. The Morgan fingerprint density at radius 2 is 2.15 bits per heavy atom. The number of piperidine rings is 1. The van der Waals surface area contributed by atoms with E-state index >= 15 is 0 Å². The van der Waals surface area contributed by atoms with Crippen LogP contribution < -0.4 is 0 Å².